The van der Waals surface area contributed by atoms with Crippen molar-refractivity contribution in [2.75, 3.05) is 13.7 Å². The molecule has 2 rings (SSSR count). The zero-order valence-corrected chi connectivity index (χ0v) is 9.90. The minimum atomic E-state index is 0.400. The first-order chi connectivity index (χ1) is 7.22. The first kappa shape index (κ1) is 10.8. The maximum absolute atomic E-state index is 6.07. The molecule has 2 nitrogen and oxygen atoms in total. The van der Waals surface area contributed by atoms with Crippen molar-refractivity contribution in [3.63, 3.8) is 0 Å². The lowest BCUT2D eigenvalue weighted by atomic mass is 10.0. The molecule has 1 atom stereocenters. The van der Waals surface area contributed by atoms with Crippen LogP contribution in [0, 0.1) is 6.92 Å². The van der Waals surface area contributed by atoms with Gasteiger partial charge in [0.15, 0.2) is 0 Å². The summed E-state index contributed by atoms with van der Waals surface area (Å²) in [6, 6.07) is 4.35. The Hall–Kier alpha value is -0.730. The lowest BCUT2D eigenvalue weighted by molar-refractivity contribution is 0.400. The Balaban J connectivity index is 2.42. The summed E-state index contributed by atoms with van der Waals surface area (Å²) >= 11 is 6.07. The van der Waals surface area contributed by atoms with Gasteiger partial charge in [0.2, 0.25) is 0 Å². The average molecular weight is 226 g/mol. The van der Waals surface area contributed by atoms with Crippen LogP contribution in [-0.2, 0) is 0 Å². The van der Waals surface area contributed by atoms with E-state index >= 15 is 0 Å². The van der Waals surface area contributed by atoms with Crippen molar-refractivity contribution in [2.45, 2.75) is 25.8 Å². The van der Waals surface area contributed by atoms with Crippen molar-refractivity contribution in [3.05, 3.63) is 28.3 Å². The van der Waals surface area contributed by atoms with E-state index in [0.29, 0.717) is 6.04 Å². The van der Waals surface area contributed by atoms with E-state index in [0.717, 1.165) is 29.3 Å². The molecule has 1 unspecified atom stereocenters. The van der Waals surface area contributed by atoms with Crippen LogP contribution in [-0.4, -0.2) is 13.7 Å². The number of methoxy groups -OCH3 is 1. The number of ether oxygens (including phenoxy) is 1. The molecule has 15 heavy (non-hydrogen) atoms. The largest absolute Gasteiger partial charge is 0.496 e. The second kappa shape index (κ2) is 4.42. The predicted octanol–water partition coefficient (Wildman–Crippen LogP) is 3.08. The highest BCUT2D eigenvalue weighted by molar-refractivity contribution is 6.30. The molecule has 0 radical (unpaired) electrons. The molecule has 1 heterocycles. The van der Waals surface area contributed by atoms with Gasteiger partial charge in [-0.1, -0.05) is 11.6 Å². The minimum absolute atomic E-state index is 0.400. The van der Waals surface area contributed by atoms with Crippen LogP contribution < -0.4 is 10.1 Å². The predicted molar refractivity (Wildman–Crippen MR) is 62.7 cm³/mol. The summed E-state index contributed by atoms with van der Waals surface area (Å²) in [5, 5.41) is 4.25. The maximum atomic E-state index is 6.07. The summed E-state index contributed by atoms with van der Waals surface area (Å²) in [7, 11) is 1.72. The second-order valence-corrected chi connectivity index (χ2v) is 4.43. The van der Waals surface area contributed by atoms with Crippen LogP contribution in [0.25, 0.3) is 0 Å². The molecule has 82 valence electrons. The number of nitrogens with one attached hydrogen (secondary N) is 1. The number of aryl methyl sites for hydroxylation is 1. The molecule has 3 heteroatoms. The molecule has 1 fully saturated rings. The Kier molecular flexibility index (Phi) is 3.17. The van der Waals surface area contributed by atoms with E-state index in [1.54, 1.807) is 7.11 Å². The van der Waals surface area contributed by atoms with Gasteiger partial charge >= 0.3 is 0 Å². The van der Waals surface area contributed by atoms with E-state index in [9.17, 15) is 0 Å². The zero-order chi connectivity index (χ0) is 10.8. The SMILES string of the molecule is COc1c(C)cc(Cl)cc1C1CCCN1. The summed E-state index contributed by atoms with van der Waals surface area (Å²) in [6.45, 7) is 3.11. The fraction of sp³-hybridized carbons (Fsp3) is 0.500. The van der Waals surface area contributed by atoms with Gasteiger partial charge in [0.1, 0.15) is 5.75 Å². The lowest BCUT2D eigenvalue weighted by Gasteiger charge is -2.17. The van der Waals surface area contributed by atoms with E-state index in [-0.39, 0.29) is 0 Å². The fourth-order valence-electron chi connectivity index (χ4n) is 2.24. The van der Waals surface area contributed by atoms with Crippen molar-refractivity contribution in [2.24, 2.45) is 0 Å². The van der Waals surface area contributed by atoms with E-state index in [2.05, 4.69) is 5.32 Å². The van der Waals surface area contributed by atoms with Gasteiger partial charge in [-0.25, -0.2) is 0 Å². The first-order valence-corrected chi connectivity index (χ1v) is 5.67. The molecule has 1 saturated heterocycles. The summed E-state index contributed by atoms with van der Waals surface area (Å²) in [5.41, 5.74) is 2.30. The van der Waals surface area contributed by atoms with E-state index in [1.165, 1.54) is 12.0 Å². The Morgan fingerprint density at radius 3 is 2.87 bits per heavy atom. The molecular weight excluding hydrogens is 210 g/mol. The van der Waals surface area contributed by atoms with Gasteiger partial charge in [0.25, 0.3) is 0 Å². The van der Waals surface area contributed by atoms with Crippen molar-refractivity contribution < 1.29 is 4.74 Å². The quantitative estimate of drug-likeness (QED) is 0.835. The molecule has 1 aliphatic rings. The number of halogens is 1. The average Bonchev–Trinajstić information content (AvgIpc) is 2.69. The molecule has 0 bridgehead atoms. The fourth-order valence-corrected chi connectivity index (χ4v) is 2.52. The number of hydrogen-bond acceptors (Lipinski definition) is 2. The molecule has 1 aromatic rings. The minimum Gasteiger partial charge on any atom is -0.496 e. The maximum Gasteiger partial charge on any atom is 0.126 e. The molecule has 1 aliphatic heterocycles. The monoisotopic (exact) mass is 225 g/mol. The smallest absolute Gasteiger partial charge is 0.126 e. The standard InChI is InChI=1S/C12H16ClNO/c1-8-6-9(13)7-10(12(8)15-2)11-4-3-5-14-11/h6-7,11,14H,3-5H2,1-2H3. The summed E-state index contributed by atoms with van der Waals surface area (Å²) in [5.74, 6) is 0.971. The van der Waals surface area contributed by atoms with Crippen LogP contribution in [0.5, 0.6) is 5.75 Å². The molecule has 1 aromatic carbocycles. The van der Waals surface area contributed by atoms with Gasteiger partial charge in [-0.2, -0.15) is 0 Å². The van der Waals surface area contributed by atoms with Crippen LogP contribution in [0.4, 0.5) is 0 Å². The second-order valence-electron chi connectivity index (χ2n) is 3.99. The van der Waals surface area contributed by atoms with Gasteiger partial charge in [0, 0.05) is 16.6 Å². The molecule has 1 N–H and O–H groups in total. The highest BCUT2D eigenvalue weighted by atomic mass is 35.5. The van der Waals surface area contributed by atoms with Gasteiger partial charge in [0.05, 0.1) is 7.11 Å². The first-order valence-electron chi connectivity index (χ1n) is 5.30. The highest BCUT2D eigenvalue weighted by Crippen LogP contribution is 2.35. The third kappa shape index (κ3) is 2.11. The van der Waals surface area contributed by atoms with Crippen LogP contribution in [0.15, 0.2) is 12.1 Å². The highest BCUT2D eigenvalue weighted by Gasteiger charge is 2.21. The summed E-state index contributed by atoms with van der Waals surface area (Å²) < 4.78 is 5.44. The van der Waals surface area contributed by atoms with Gasteiger partial charge in [-0.3, -0.25) is 0 Å². The molecular formula is C12H16ClNO. The molecule has 0 spiro atoms. The van der Waals surface area contributed by atoms with Crippen LogP contribution in [0.2, 0.25) is 5.02 Å². The number of benzene rings is 1. The van der Waals surface area contributed by atoms with Crippen molar-refractivity contribution >= 4 is 11.6 Å². The van der Waals surface area contributed by atoms with Gasteiger partial charge < -0.3 is 10.1 Å². The molecule has 0 aliphatic carbocycles. The molecule has 0 saturated carbocycles. The molecule has 0 amide bonds. The summed E-state index contributed by atoms with van der Waals surface area (Å²) in [4.78, 5) is 0. The Bertz CT molecular complexity index is 359. The Morgan fingerprint density at radius 2 is 2.27 bits per heavy atom. The van der Waals surface area contributed by atoms with E-state index < -0.39 is 0 Å². The normalized spacial score (nSPS) is 20.6. The van der Waals surface area contributed by atoms with Crippen molar-refractivity contribution in [3.8, 4) is 5.75 Å². The topological polar surface area (TPSA) is 21.3 Å². The lowest BCUT2D eigenvalue weighted by Crippen LogP contribution is -2.14. The van der Waals surface area contributed by atoms with Crippen LogP contribution in [0.3, 0.4) is 0 Å². The third-order valence-corrected chi connectivity index (χ3v) is 3.13. The van der Waals surface area contributed by atoms with Crippen LogP contribution >= 0.6 is 11.6 Å². The Labute approximate surface area is 95.6 Å². The van der Waals surface area contributed by atoms with Gasteiger partial charge in [-0.05, 0) is 44.0 Å². The number of rotatable bonds is 2. The summed E-state index contributed by atoms with van der Waals surface area (Å²) in [6.07, 6.45) is 2.38. The van der Waals surface area contributed by atoms with E-state index in [1.807, 2.05) is 19.1 Å². The van der Waals surface area contributed by atoms with Crippen LogP contribution in [0.1, 0.15) is 30.0 Å². The van der Waals surface area contributed by atoms with E-state index in [4.69, 9.17) is 16.3 Å². The zero-order valence-electron chi connectivity index (χ0n) is 9.14. The number of hydrogen-bond donors (Lipinski definition) is 1. The molecule has 0 aromatic heterocycles. The third-order valence-electron chi connectivity index (χ3n) is 2.91. The Morgan fingerprint density at radius 1 is 1.47 bits per heavy atom. The van der Waals surface area contributed by atoms with Crippen molar-refractivity contribution in [1.82, 2.24) is 5.32 Å². The van der Waals surface area contributed by atoms with Crippen molar-refractivity contribution in [1.29, 1.82) is 0 Å². The van der Waals surface area contributed by atoms with Gasteiger partial charge in [-0.15, -0.1) is 0 Å².